The third-order valence-corrected chi connectivity index (χ3v) is 4.07. The van der Waals surface area contributed by atoms with Gasteiger partial charge in [0.05, 0.1) is 24.0 Å². The first kappa shape index (κ1) is 19.3. The second kappa shape index (κ2) is 7.66. The normalized spacial score (nSPS) is 30.4. The first-order valence-corrected chi connectivity index (χ1v) is 8.13. The lowest BCUT2D eigenvalue weighted by atomic mass is 10.2. The van der Waals surface area contributed by atoms with Crippen LogP contribution in [0.4, 0.5) is 4.79 Å². The van der Waals surface area contributed by atoms with Gasteiger partial charge in [0, 0.05) is 12.1 Å². The predicted octanol–water partition coefficient (Wildman–Crippen LogP) is 2.55. The van der Waals surface area contributed by atoms with Crippen molar-refractivity contribution >= 4 is 6.09 Å². The molecule has 0 saturated heterocycles. The molecular weight excluding hydrogens is 292 g/mol. The molecule has 6 nitrogen and oxygen atoms in total. The van der Waals surface area contributed by atoms with Crippen LogP contribution in [0.3, 0.4) is 0 Å². The van der Waals surface area contributed by atoms with E-state index in [0.29, 0.717) is 11.8 Å². The Morgan fingerprint density at radius 1 is 1.17 bits per heavy atom. The Hall–Kier alpha value is -1.79. The van der Waals surface area contributed by atoms with Crippen LogP contribution in [-0.4, -0.2) is 23.8 Å². The number of nitrogens with one attached hydrogen (secondary N) is 1. The minimum Gasteiger partial charge on any atom is -0.444 e. The molecule has 0 radical (unpaired) electrons. The standard InChI is InChI=1S/C11H18N2O2.C6H10N2/c1-7(9-5-8(9)6-12)13-10(14)15-11(2,3)4;1-4(8)6-2-5(6)3-7/h7-9H,5H2,1-4H3,(H,13,14);4-6H,2,8H2,1H3/t7-,8-,9+;4-,5-,6+/m11/s1. The number of alkyl carbamates (subject to hydrolysis) is 1. The van der Waals surface area contributed by atoms with Crippen LogP contribution in [0, 0.1) is 46.3 Å². The van der Waals surface area contributed by atoms with Crippen molar-refractivity contribution < 1.29 is 9.53 Å². The summed E-state index contributed by atoms with van der Waals surface area (Å²) >= 11 is 0. The molecule has 6 heteroatoms. The molecule has 0 aliphatic heterocycles. The number of carbonyl (C=O) groups is 1. The summed E-state index contributed by atoms with van der Waals surface area (Å²) in [6.45, 7) is 9.35. The average molecular weight is 320 g/mol. The molecule has 128 valence electrons. The minimum atomic E-state index is -0.470. The van der Waals surface area contributed by atoms with Crippen LogP contribution in [0.1, 0.15) is 47.5 Å². The molecule has 3 N–H and O–H groups in total. The van der Waals surface area contributed by atoms with E-state index in [2.05, 4.69) is 17.5 Å². The van der Waals surface area contributed by atoms with Crippen molar-refractivity contribution in [1.29, 1.82) is 10.5 Å². The van der Waals surface area contributed by atoms with E-state index in [0.717, 1.165) is 12.8 Å². The van der Waals surface area contributed by atoms with E-state index in [1.807, 2.05) is 34.6 Å². The summed E-state index contributed by atoms with van der Waals surface area (Å²) in [4.78, 5) is 11.4. The van der Waals surface area contributed by atoms with Gasteiger partial charge in [-0.15, -0.1) is 0 Å². The smallest absolute Gasteiger partial charge is 0.407 e. The number of nitrogens with two attached hydrogens (primary N) is 1. The van der Waals surface area contributed by atoms with Gasteiger partial charge in [-0.1, -0.05) is 0 Å². The molecule has 23 heavy (non-hydrogen) atoms. The molecule has 2 aliphatic carbocycles. The molecule has 2 saturated carbocycles. The lowest BCUT2D eigenvalue weighted by Gasteiger charge is -2.21. The zero-order chi connectivity index (χ0) is 17.8. The summed E-state index contributed by atoms with van der Waals surface area (Å²) in [7, 11) is 0. The first-order valence-electron chi connectivity index (χ1n) is 8.13. The Bertz CT molecular complexity index is 498. The molecule has 0 bridgehead atoms. The highest BCUT2D eigenvalue weighted by atomic mass is 16.6. The molecule has 1 amide bonds. The fourth-order valence-electron chi connectivity index (χ4n) is 2.46. The van der Waals surface area contributed by atoms with Crippen molar-refractivity contribution in [3.05, 3.63) is 0 Å². The van der Waals surface area contributed by atoms with Gasteiger partial charge >= 0.3 is 6.09 Å². The van der Waals surface area contributed by atoms with Crippen molar-refractivity contribution in [1.82, 2.24) is 5.32 Å². The van der Waals surface area contributed by atoms with Crippen molar-refractivity contribution in [3.8, 4) is 12.1 Å². The van der Waals surface area contributed by atoms with Gasteiger partial charge in [0.2, 0.25) is 0 Å². The topological polar surface area (TPSA) is 112 Å². The van der Waals surface area contributed by atoms with Gasteiger partial charge in [-0.3, -0.25) is 0 Å². The molecule has 2 rings (SSSR count). The summed E-state index contributed by atoms with van der Waals surface area (Å²) < 4.78 is 5.12. The fourth-order valence-corrected chi connectivity index (χ4v) is 2.46. The Morgan fingerprint density at radius 3 is 1.96 bits per heavy atom. The van der Waals surface area contributed by atoms with E-state index in [1.165, 1.54) is 0 Å². The molecule has 2 aliphatic rings. The Kier molecular flexibility index (Phi) is 6.41. The Morgan fingerprint density at radius 2 is 1.65 bits per heavy atom. The van der Waals surface area contributed by atoms with Crippen molar-refractivity contribution in [3.63, 3.8) is 0 Å². The quantitative estimate of drug-likeness (QED) is 0.830. The summed E-state index contributed by atoms with van der Waals surface area (Å²) in [5.41, 5.74) is 5.04. The van der Waals surface area contributed by atoms with E-state index in [-0.39, 0.29) is 23.9 Å². The van der Waals surface area contributed by atoms with Crippen LogP contribution in [0.25, 0.3) is 0 Å². The van der Waals surface area contributed by atoms with Gasteiger partial charge in [0.1, 0.15) is 5.60 Å². The van der Waals surface area contributed by atoms with Crippen LogP contribution < -0.4 is 11.1 Å². The molecule has 0 heterocycles. The van der Waals surface area contributed by atoms with Gasteiger partial charge in [0.15, 0.2) is 0 Å². The lowest BCUT2D eigenvalue weighted by molar-refractivity contribution is 0.0502. The number of carbonyl (C=O) groups excluding carboxylic acids is 1. The Labute approximate surface area is 139 Å². The number of hydrogen-bond acceptors (Lipinski definition) is 5. The summed E-state index contributed by atoms with van der Waals surface area (Å²) in [5, 5.41) is 19.7. The SMILES string of the molecule is C[C@@H](N)[C@@H]1C[C@@H]1C#N.C[C@@H](NC(=O)OC(C)(C)C)[C@@H]1C[C@@H]1C#N. The van der Waals surface area contributed by atoms with Crippen molar-refractivity contribution in [2.45, 2.75) is 65.1 Å². The number of rotatable bonds is 3. The highest BCUT2D eigenvalue weighted by molar-refractivity contribution is 5.68. The van der Waals surface area contributed by atoms with Crippen LogP contribution in [-0.2, 0) is 4.74 Å². The van der Waals surface area contributed by atoms with Gasteiger partial charge in [-0.2, -0.15) is 10.5 Å². The largest absolute Gasteiger partial charge is 0.444 e. The summed E-state index contributed by atoms with van der Waals surface area (Å²) in [6.07, 6.45) is 1.50. The molecule has 2 fully saturated rings. The zero-order valence-electron chi connectivity index (χ0n) is 14.7. The van der Waals surface area contributed by atoms with Crippen LogP contribution in [0.5, 0.6) is 0 Å². The summed E-state index contributed by atoms with van der Waals surface area (Å²) in [6, 6.07) is 4.63. The second-order valence-electron chi connectivity index (χ2n) is 7.56. The lowest BCUT2D eigenvalue weighted by Crippen LogP contribution is -2.38. The molecule has 0 aromatic rings. The molecule has 0 aromatic carbocycles. The maximum Gasteiger partial charge on any atom is 0.407 e. The van der Waals surface area contributed by atoms with Gasteiger partial charge < -0.3 is 15.8 Å². The first-order chi connectivity index (χ1) is 10.6. The maximum absolute atomic E-state index is 11.4. The van der Waals surface area contributed by atoms with E-state index in [1.54, 1.807) is 0 Å². The molecule has 0 spiro atoms. The molecule has 0 aromatic heterocycles. The third kappa shape index (κ3) is 6.88. The highest BCUT2D eigenvalue weighted by Crippen LogP contribution is 2.40. The van der Waals surface area contributed by atoms with Gasteiger partial charge in [-0.05, 0) is 59.3 Å². The van der Waals surface area contributed by atoms with E-state index in [4.69, 9.17) is 21.0 Å². The summed E-state index contributed by atoms with van der Waals surface area (Å²) in [5.74, 6) is 1.17. The van der Waals surface area contributed by atoms with Crippen LogP contribution >= 0.6 is 0 Å². The predicted molar refractivity (Wildman–Crippen MR) is 86.9 cm³/mol. The van der Waals surface area contributed by atoms with Crippen molar-refractivity contribution in [2.24, 2.45) is 29.4 Å². The van der Waals surface area contributed by atoms with E-state index < -0.39 is 11.7 Å². The zero-order valence-corrected chi connectivity index (χ0v) is 14.7. The van der Waals surface area contributed by atoms with E-state index in [9.17, 15) is 4.79 Å². The van der Waals surface area contributed by atoms with Crippen LogP contribution in [0.15, 0.2) is 0 Å². The van der Waals surface area contributed by atoms with Gasteiger partial charge in [0.25, 0.3) is 0 Å². The van der Waals surface area contributed by atoms with Crippen molar-refractivity contribution in [2.75, 3.05) is 0 Å². The monoisotopic (exact) mass is 320 g/mol. The van der Waals surface area contributed by atoms with Crippen LogP contribution in [0.2, 0.25) is 0 Å². The number of hydrogen-bond donors (Lipinski definition) is 2. The second-order valence-corrected chi connectivity index (χ2v) is 7.56. The Balaban J connectivity index is 0.000000277. The third-order valence-electron chi connectivity index (χ3n) is 4.07. The fraction of sp³-hybridized carbons (Fsp3) is 0.824. The molecule has 0 unspecified atom stereocenters. The highest BCUT2D eigenvalue weighted by Gasteiger charge is 2.42. The number of ether oxygens (including phenoxy) is 1. The number of nitriles is 2. The average Bonchev–Trinajstić information content (AvgIpc) is 3.29. The maximum atomic E-state index is 11.4. The van der Waals surface area contributed by atoms with Gasteiger partial charge in [-0.25, -0.2) is 4.79 Å². The number of nitrogens with zero attached hydrogens (tertiary/aromatic N) is 2. The number of amides is 1. The molecule has 6 atom stereocenters. The van der Waals surface area contributed by atoms with E-state index >= 15 is 0 Å². The molecular formula is C17H28N4O2. The minimum absolute atomic E-state index is 0.0181.